The molecule has 31 heavy (non-hydrogen) atoms. The average Bonchev–Trinajstić information content (AvgIpc) is 2.68. The first-order valence-electron chi connectivity index (χ1n) is 9.18. The van der Waals surface area contributed by atoms with Crippen molar-refractivity contribution in [3.63, 3.8) is 0 Å². The number of ether oxygens (including phenoxy) is 1. The number of rotatable bonds is 3. The first-order chi connectivity index (χ1) is 14.2. The van der Waals surface area contributed by atoms with Crippen molar-refractivity contribution in [2.24, 2.45) is 0 Å². The maximum absolute atomic E-state index is 14.0. The van der Waals surface area contributed by atoms with Gasteiger partial charge >= 0.3 is 12.4 Å². The van der Waals surface area contributed by atoms with Crippen LogP contribution in [-0.4, -0.2) is 20.5 Å². The van der Waals surface area contributed by atoms with Gasteiger partial charge in [-0.25, -0.2) is 8.42 Å². The van der Waals surface area contributed by atoms with Crippen molar-refractivity contribution in [2.75, 3.05) is 6.61 Å². The lowest BCUT2D eigenvalue weighted by Crippen LogP contribution is -2.29. The van der Waals surface area contributed by atoms with Gasteiger partial charge in [0.25, 0.3) is 0 Å². The lowest BCUT2D eigenvalue weighted by atomic mass is 9.94. The molecule has 0 aromatic heterocycles. The monoisotopic (exact) mass is 530 g/mol. The van der Waals surface area contributed by atoms with E-state index in [4.69, 9.17) is 4.74 Å². The Morgan fingerprint density at radius 3 is 2.10 bits per heavy atom. The zero-order valence-electron chi connectivity index (χ0n) is 16.1. The number of sulfone groups is 1. The quantitative estimate of drug-likeness (QED) is 0.411. The van der Waals surface area contributed by atoms with Gasteiger partial charge in [-0.3, -0.25) is 0 Å². The van der Waals surface area contributed by atoms with Gasteiger partial charge < -0.3 is 4.74 Å². The number of halogens is 7. The Hall–Kier alpha value is -1.59. The van der Waals surface area contributed by atoms with Gasteiger partial charge in [0, 0.05) is 16.6 Å². The normalized spacial score (nSPS) is 18.3. The number of hydrogen-bond acceptors (Lipinski definition) is 3. The van der Waals surface area contributed by atoms with Gasteiger partial charge in [0.2, 0.25) is 9.84 Å². The summed E-state index contributed by atoms with van der Waals surface area (Å²) < 4.78 is 113. The lowest BCUT2D eigenvalue weighted by Gasteiger charge is -2.26. The van der Waals surface area contributed by atoms with Gasteiger partial charge in [-0.05, 0) is 55.5 Å². The van der Waals surface area contributed by atoms with Crippen LogP contribution >= 0.6 is 15.9 Å². The molecule has 3 nitrogen and oxygen atoms in total. The van der Waals surface area contributed by atoms with Crippen molar-refractivity contribution in [1.29, 1.82) is 0 Å². The molecule has 1 heterocycles. The van der Waals surface area contributed by atoms with E-state index >= 15 is 0 Å². The van der Waals surface area contributed by atoms with E-state index in [-0.39, 0.29) is 28.6 Å². The first kappa shape index (κ1) is 24.1. The molecule has 1 saturated heterocycles. The Labute approximate surface area is 183 Å². The van der Waals surface area contributed by atoms with E-state index in [9.17, 15) is 34.8 Å². The van der Waals surface area contributed by atoms with Crippen LogP contribution in [0, 0.1) is 6.92 Å². The standard InChI is InChI=1S/C20H17BrF6O3S/c1-11-14(21)10-15(31(28,29)16-4-2-3-9-30-16)17(18(11)20(25,26)27)12-5-7-13(8-6-12)19(22,23)24/h5-8,10,16H,2-4,9H2,1H3. The maximum atomic E-state index is 14.0. The zero-order chi connectivity index (χ0) is 23.2. The highest BCUT2D eigenvalue weighted by atomic mass is 79.9. The van der Waals surface area contributed by atoms with Gasteiger partial charge in [0.1, 0.15) is 0 Å². The minimum Gasteiger partial charge on any atom is -0.362 e. The summed E-state index contributed by atoms with van der Waals surface area (Å²) in [7, 11) is -4.38. The number of hydrogen-bond donors (Lipinski definition) is 0. The molecule has 0 spiro atoms. The first-order valence-corrected chi connectivity index (χ1v) is 11.5. The molecule has 0 bridgehead atoms. The van der Waals surface area contributed by atoms with Crippen molar-refractivity contribution in [2.45, 2.75) is 48.9 Å². The highest BCUT2D eigenvalue weighted by molar-refractivity contribution is 9.10. The third-order valence-corrected chi connectivity index (χ3v) is 7.89. The highest BCUT2D eigenvalue weighted by Gasteiger charge is 2.42. The summed E-state index contributed by atoms with van der Waals surface area (Å²) >= 11 is 3.00. The summed E-state index contributed by atoms with van der Waals surface area (Å²) in [6.45, 7) is 1.31. The molecule has 2 aromatic carbocycles. The van der Waals surface area contributed by atoms with E-state index in [0.717, 1.165) is 25.1 Å². The van der Waals surface area contributed by atoms with E-state index in [1.165, 1.54) is 0 Å². The summed E-state index contributed by atoms with van der Waals surface area (Å²) in [5.41, 5.74) is -4.85. The van der Waals surface area contributed by atoms with Crippen molar-refractivity contribution in [3.8, 4) is 11.1 Å². The second kappa shape index (κ2) is 8.40. The summed E-state index contributed by atoms with van der Waals surface area (Å²) in [6.07, 6.45) is -8.38. The third-order valence-electron chi connectivity index (χ3n) is 5.06. The molecule has 2 aromatic rings. The fraction of sp³-hybridized carbons (Fsp3) is 0.400. The van der Waals surface area contributed by atoms with Crippen LogP contribution in [0.3, 0.4) is 0 Å². The van der Waals surface area contributed by atoms with E-state index in [1.807, 2.05) is 0 Å². The Morgan fingerprint density at radius 1 is 1.00 bits per heavy atom. The molecule has 0 amide bonds. The largest absolute Gasteiger partial charge is 0.417 e. The van der Waals surface area contributed by atoms with Crippen molar-refractivity contribution < 1.29 is 39.5 Å². The average molecular weight is 531 g/mol. The molecule has 1 aliphatic rings. The van der Waals surface area contributed by atoms with E-state index in [0.29, 0.717) is 25.0 Å². The van der Waals surface area contributed by atoms with Gasteiger partial charge in [0.15, 0.2) is 5.44 Å². The highest BCUT2D eigenvalue weighted by Crippen LogP contribution is 2.46. The smallest absolute Gasteiger partial charge is 0.362 e. The number of benzene rings is 2. The third kappa shape index (κ3) is 4.78. The summed E-state index contributed by atoms with van der Waals surface area (Å²) in [5, 5.41) is 0. The summed E-state index contributed by atoms with van der Waals surface area (Å²) in [6, 6.07) is 4.01. The molecule has 1 aliphatic heterocycles. The van der Waals surface area contributed by atoms with Gasteiger partial charge in [-0.15, -0.1) is 0 Å². The molecule has 0 saturated carbocycles. The van der Waals surface area contributed by atoms with E-state index in [2.05, 4.69) is 15.9 Å². The minimum atomic E-state index is -4.95. The molecule has 1 fully saturated rings. The summed E-state index contributed by atoms with van der Waals surface area (Å²) in [4.78, 5) is -0.635. The second-order valence-corrected chi connectivity index (χ2v) is 10.1. The van der Waals surface area contributed by atoms with Crippen LogP contribution in [0.5, 0.6) is 0 Å². The van der Waals surface area contributed by atoms with Crippen LogP contribution < -0.4 is 0 Å². The molecule has 170 valence electrons. The molecule has 1 unspecified atom stereocenters. The van der Waals surface area contributed by atoms with Crippen LogP contribution in [0.1, 0.15) is 36.0 Å². The fourth-order valence-electron chi connectivity index (χ4n) is 3.51. The Morgan fingerprint density at radius 2 is 1.61 bits per heavy atom. The number of alkyl halides is 6. The van der Waals surface area contributed by atoms with Gasteiger partial charge in [-0.1, -0.05) is 28.1 Å². The van der Waals surface area contributed by atoms with Gasteiger partial charge in [0.05, 0.1) is 16.0 Å². The predicted molar refractivity (Wildman–Crippen MR) is 105 cm³/mol. The zero-order valence-corrected chi connectivity index (χ0v) is 18.5. The van der Waals surface area contributed by atoms with Crippen LogP contribution in [0.15, 0.2) is 39.7 Å². The van der Waals surface area contributed by atoms with Crippen LogP contribution in [0.2, 0.25) is 0 Å². The molecule has 0 radical (unpaired) electrons. The predicted octanol–water partition coefficient (Wildman–Crippen LogP) is 6.76. The molecular formula is C20H17BrF6O3S. The van der Waals surface area contributed by atoms with E-state index < -0.39 is 49.2 Å². The molecule has 11 heteroatoms. The maximum Gasteiger partial charge on any atom is 0.417 e. The topological polar surface area (TPSA) is 43.4 Å². The van der Waals surface area contributed by atoms with Crippen LogP contribution in [0.4, 0.5) is 26.3 Å². The van der Waals surface area contributed by atoms with E-state index in [1.54, 1.807) is 0 Å². The van der Waals surface area contributed by atoms with Crippen LogP contribution in [-0.2, 0) is 26.9 Å². The van der Waals surface area contributed by atoms with Crippen molar-refractivity contribution in [1.82, 2.24) is 0 Å². The molecule has 0 aliphatic carbocycles. The van der Waals surface area contributed by atoms with Crippen molar-refractivity contribution >= 4 is 25.8 Å². The summed E-state index contributed by atoms with van der Waals surface area (Å²) in [5.74, 6) is 0. The Kier molecular flexibility index (Phi) is 6.52. The van der Waals surface area contributed by atoms with Gasteiger partial charge in [-0.2, -0.15) is 26.3 Å². The molecule has 0 N–H and O–H groups in total. The Balaban J connectivity index is 2.33. The minimum absolute atomic E-state index is 0.0788. The SMILES string of the molecule is Cc1c(Br)cc(S(=O)(=O)C2CCCCO2)c(-c2ccc(C(F)(F)F)cc2)c1C(F)(F)F. The second-order valence-electron chi connectivity index (χ2n) is 7.15. The van der Waals surface area contributed by atoms with Crippen molar-refractivity contribution in [3.05, 3.63) is 51.5 Å². The molecule has 1 atom stereocenters. The molecular weight excluding hydrogens is 514 g/mol. The van der Waals surface area contributed by atoms with Crippen LogP contribution in [0.25, 0.3) is 11.1 Å². The lowest BCUT2D eigenvalue weighted by molar-refractivity contribution is -0.138. The molecule has 3 rings (SSSR count). The fourth-order valence-corrected chi connectivity index (χ4v) is 5.92. The Bertz CT molecular complexity index is 1070.